The second-order valence-electron chi connectivity index (χ2n) is 5.11. The van der Waals surface area contributed by atoms with Gasteiger partial charge in [-0.05, 0) is 20.8 Å². The molecule has 1 saturated heterocycles. The van der Waals surface area contributed by atoms with E-state index >= 15 is 0 Å². The SMILES string of the molecule is CCC(=O)C1CN(C(=O)OC(C)(C)C)CCO1. The van der Waals surface area contributed by atoms with Gasteiger partial charge in [0, 0.05) is 13.0 Å². The molecule has 17 heavy (non-hydrogen) atoms. The number of hydrogen-bond donors (Lipinski definition) is 0. The van der Waals surface area contributed by atoms with Crippen molar-refractivity contribution < 1.29 is 19.1 Å². The number of hydrogen-bond acceptors (Lipinski definition) is 4. The van der Waals surface area contributed by atoms with E-state index in [1.165, 1.54) is 4.90 Å². The van der Waals surface area contributed by atoms with Crippen molar-refractivity contribution >= 4 is 11.9 Å². The predicted octanol–water partition coefficient (Wildman–Crippen LogP) is 1.60. The van der Waals surface area contributed by atoms with Crippen molar-refractivity contribution in [3.05, 3.63) is 0 Å². The predicted molar refractivity (Wildman–Crippen MR) is 62.8 cm³/mol. The van der Waals surface area contributed by atoms with Gasteiger partial charge in [0.2, 0.25) is 0 Å². The topological polar surface area (TPSA) is 55.8 Å². The van der Waals surface area contributed by atoms with E-state index < -0.39 is 11.7 Å². The lowest BCUT2D eigenvalue weighted by Gasteiger charge is -2.33. The van der Waals surface area contributed by atoms with Crippen LogP contribution in [0.2, 0.25) is 0 Å². The quantitative estimate of drug-likeness (QED) is 0.739. The zero-order chi connectivity index (χ0) is 13.1. The average Bonchev–Trinajstić information content (AvgIpc) is 2.26. The minimum atomic E-state index is -0.514. The maximum Gasteiger partial charge on any atom is 0.410 e. The van der Waals surface area contributed by atoms with Crippen LogP contribution in [-0.2, 0) is 14.3 Å². The fraction of sp³-hybridized carbons (Fsp3) is 0.833. The Kier molecular flexibility index (Phi) is 4.51. The van der Waals surface area contributed by atoms with Crippen molar-refractivity contribution in [2.75, 3.05) is 19.7 Å². The van der Waals surface area contributed by atoms with Gasteiger partial charge in [-0.2, -0.15) is 0 Å². The highest BCUT2D eigenvalue weighted by molar-refractivity contribution is 5.83. The van der Waals surface area contributed by atoms with Crippen LogP contribution in [0.1, 0.15) is 34.1 Å². The van der Waals surface area contributed by atoms with E-state index in [9.17, 15) is 9.59 Å². The Morgan fingerprint density at radius 2 is 2.06 bits per heavy atom. The summed E-state index contributed by atoms with van der Waals surface area (Å²) in [5.41, 5.74) is -0.514. The highest BCUT2D eigenvalue weighted by atomic mass is 16.6. The first-order valence-electron chi connectivity index (χ1n) is 5.95. The monoisotopic (exact) mass is 243 g/mol. The van der Waals surface area contributed by atoms with Crippen molar-refractivity contribution in [1.82, 2.24) is 4.90 Å². The Bertz CT molecular complexity index is 295. The van der Waals surface area contributed by atoms with E-state index in [-0.39, 0.29) is 11.9 Å². The molecule has 0 bridgehead atoms. The second kappa shape index (κ2) is 5.49. The van der Waals surface area contributed by atoms with Crippen molar-refractivity contribution in [3.8, 4) is 0 Å². The molecule has 5 heteroatoms. The molecular formula is C12H21NO4. The fourth-order valence-electron chi connectivity index (χ4n) is 1.56. The number of ether oxygens (including phenoxy) is 2. The number of morpholine rings is 1. The summed E-state index contributed by atoms with van der Waals surface area (Å²) in [5.74, 6) is 0.0262. The van der Waals surface area contributed by atoms with E-state index in [2.05, 4.69) is 0 Å². The van der Waals surface area contributed by atoms with Gasteiger partial charge in [-0.1, -0.05) is 6.92 Å². The molecule has 1 aliphatic heterocycles. The number of Topliss-reactive ketones (excluding diaryl/α,β-unsaturated/α-hetero) is 1. The van der Waals surface area contributed by atoms with Crippen molar-refractivity contribution in [1.29, 1.82) is 0 Å². The smallest absolute Gasteiger partial charge is 0.410 e. The molecule has 1 fully saturated rings. The van der Waals surface area contributed by atoms with Gasteiger partial charge in [0.25, 0.3) is 0 Å². The molecule has 0 aliphatic carbocycles. The Morgan fingerprint density at radius 1 is 1.41 bits per heavy atom. The van der Waals surface area contributed by atoms with E-state index in [4.69, 9.17) is 9.47 Å². The molecule has 1 amide bonds. The summed E-state index contributed by atoms with van der Waals surface area (Å²) < 4.78 is 10.6. The molecule has 5 nitrogen and oxygen atoms in total. The maximum absolute atomic E-state index is 11.8. The van der Waals surface area contributed by atoms with Crippen molar-refractivity contribution in [3.63, 3.8) is 0 Å². The Balaban J connectivity index is 2.55. The van der Waals surface area contributed by atoms with Crippen molar-refractivity contribution in [2.45, 2.75) is 45.8 Å². The standard InChI is InChI=1S/C12H21NO4/c1-5-9(14)10-8-13(6-7-16-10)11(15)17-12(2,3)4/h10H,5-8H2,1-4H3. The number of carbonyl (C=O) groups excluding carboxylic acids is 2. The van der Waals surface area contributed by atoms with E-state index in [0.717, 1.165) is 0 Å². The Labute approximate surface area is 102 Å². The van der Waals surface area contributed by atoms with Gasteiger partial charge in [-0.15, -0.1) is 0 Å². The molecule has 98 valence electrons. The lowest BCUT2D eigenvalue weighted by Crippen LogP contribution is -2.49. The van der Waals surface area contributed by atoms with Gasteiger partial charge in [0.15, 0.2) is 5.78 Å². The van der Waals surface area contributed by atoms with Gasteiger partial charge in [-0.3, -0.25) is 4.79 Å². The van der Waals surface area contributed by atoms with Gasteiger partial charge in [0.1, 0.15) is 11.7 Å². The van der Waals surface area contributed by atoms with Crippen LogP contribution in [0.3, 0.4) is 0 Å². The number of carbonyl (C=O) groups is 2. The molecule has 0 aromatic carbocycles. The number of rotatable bonds is 2. The van der Waals surface area contributed by atoms with Gasteiger partial charge in [0.05, 0.1) is 13.2 Å². The lowest BCUT2D eigenvalue weighted by molar-refractivity contribution is -0.135. The fourth-order valence-corrected chi connectivity index (χ4v) is 1.56. The summed E-state index contributed by atoms with van der Waals surface area (Å²) in [6.45, 7) is 8.40. The highest BCUT2D eigenvalue weighted by Crippen LogP contribution is 2.13. The molecule has 1 unspecified atom stereocenters. The molecular weight excluding hydrogens is 222 g/mol. The molecule has 0 N–H and O–H groups in total. The minimum absolute atomic E-state index is 0.0262. The average molecular weight is 243 g/mol. The van der Waals surface area contributed by atoms with Crippen molar-refractivity contribution in [2.24, 2.45) is 0 Å². The molecule has 0 radical (unpaired) electrons. The molecule has 1 rings (SSSR count). The second-order valence-corrected chi connectivity index (χ2v) is 5.11. The molecule has 0 spiro atoms. The molecule has 0 aromatic rings. The molecule has 0 saturated carbocycles. The molecule has 1 atom stereocenters. The van der Waals surface area contributed by atoms with Crippen LogP contribution in [0.5, 0.6) is 0 Å². The summed E-state index contributed by atoms with van der Waals surface area (Å²) >= 11 is 0. The number of amides is 1. The van der Waals surface area contributed by atoms with Crippen LogP contribution in [0.25, 0.3) is 0 Å². The number of ketones is 1. The zero-order valence-electron chi connectivity index (χ0n) is 11.0. The van der Waals surface area contributed by atoms with E-state index in [1.54, 1.807) is 6.92 Å². The highest BCUT2D eigenvalue weighted by Gasteiger charge is 2.30. The summed E-state index contributed by atoms with van der Waals surface area (Å²) in [4.78, 5) is 24.9. The Hall–Kier alpha value is -1.10. The molecule has 1 heterocycles. The third kappa shape index (κ3) is 4.34. The largest absolute Gasteiger partial charge is 0.444 e. The van der Waals surface area contributed by atoms with Crippen LogP contribution in [0, 0.1) is 0 Å². The van der Waals surface area contributed by atoms with Crippen LogP contribution in [-0.4, -0.2) is 48.2 Å². The normalized spacial score (nSPS) is 21.2. The van der Waals surface area contributed by atoms with Gasteiger partial charge < -0.3 is 14.4 Å². The maximum atomic E-state index is 11.8. The first kappa shape index (κ1) is 14.0. The Morgan fingerprint density at radius 3 is 2.59 bits per heavy atom. The third-order valence-corrected chi connectivity index (χ3v) is 2.43. The first-order valence-corrected chi connectivity index (χ1v) is 5.95. The number of nitrogens with zero attached hydrogens (tertiary/aromatic N) is 1. The van der Waals surface area contributed by atoms with Gasteiger partial charge in [-0.25, -0.2) is 4.79 Å². The van der Waals surface area contributed by atoms with Crippen LogP contribution < -0.4 is 0 Å². The summed E-state index contributed by atoms with van der Waals surface area (Å²) in [5, 5.41) is 0. The summed E-state index contributed by atoms with van der Waals surface area (Å²) in [6, 6.07) is 0. The molecule has 1 aliphatic rings. The molecule has 0 aromatic heterocycles. The summed E-state index contributed by atoms with van der Waals surface area (Å²) in [6.07, 6.45) is -0.455. The van der Waals surface area contributed by atoms with Crippen LogP contribution >= 0.6 is 0 Å². The van der Waals surface area contributed by atoms with Gasteiger partial charge >= 0.3 is 6.09 Å². The van der Waals surface area contributed by atoms with E-state index in [1.807, 2.05) is 20.8 Å². The van der Waals surface area contributed by atoms with Crippen LogP contribution in [0.4, 0.5) is 4.79 Å². The van der Waals surface area contributed by atoms with Crippen LogP contribution in [0.15, 0.2) is 0 Å². The summed E-state index contributed by atoms with van der Waals surface area (Å²) in [7, 11) is 0. The first-order chi connectivity index (χ1) is 7.83. The minimum Gasteiger partial charge on any atom is -0.444 e. The lowest BCUT2D eigenvalue weighted by atomic mass is 10.1. The zero-order valence-corrected chi connectivity index (χ0v) is 11.0. The third-order valence-electron chi connectivity index (χ3n) is 2.43. The van der Waals surface area contributed by atoms with E-state index in [0.29, 0.717) is 26.1 Å².